The molecule has 0 aromatic rings. The minimum absolute atomic E-state index is 0. The SMILES string of the molecule is [K+].[O-]CCCCCCCCO. The second-order valence-electron chi connectivity index (χ2n) is 2.55. The Morgan fingerprint density at radius 3 is 1.73 bits per heavy atom. The van der Waals surface area contributed by atoms with Crippen molar-refractivity contribution in [2.24, 2.45) is 0 Å². The van der Waals surface area contributed by atoms with Crippen molar-refractivity contribution in [3.05, 3.63) is 0 Å². The fraction of sp³-hybridized carbons (Fsp3) is 1.00. The van der Waals surface area contributed by atoms with Crippen molar-refractivity contribution in [3.8, 4) is 0 Å². The first-order valence-electron chi connectivity index (χ1n) is 4.10. The van der Waals surface area contributed by atoms with Crippen molar-refractivity contribution in [1.29, 1.82) is 0 Å². The second kappa shape index (κ2) is 14.1. The molecule has 3 heteroatoms. The van der Waals surface area contributed by atoms with Gasteiger partial charge in [0.15, 0.2) is 0 Å². The number of rotatable bonds is 7. The number of unbranched alkanes of at least 4 members (excludes halogenated alkanes) is 5. The summed E-state index contributed by atoms with van der Waals surface area (Å²) in [5, 5.41) is 18.4. The van der Waals surface area contributed by atoms with E-state index in [2.05, 4.69) is 0 Å². The maximum absolute atomic E-state index is 9.98. The predicted molar refractivity (Wildman–Crippen MR) is 39.7 cm³/mol. The third-order valence-electron chi connectivity index (χ3n) is 1.55. The molecule has 0 aliphatic heterocycles. The van der Waals surface area contributed by atoms with Gasteiger partial charge in [-0.1, -0.05) is 32.1 Å². The van der Waals surface area contributed by atoms with Gasteiger partial charge in [0, 0.05) is 6.61 Å². The molecule has 0 aliphatic rings. The third-order valence-corrected chi connectivity index (χ3v) is 1.55. The topological polar surface area (TPSA) is 43.3 Å². The molecule has 0 saturated carbocycles. The van der Waals surface area contributed by atoms with Gasteiger partial charge in [0.25, 0.3) is 0 Å². The van der Waals surface area contributed by atoms with Gasteiger partial charge in [-0.25, -0.2) is 0 Å². The summed E-state index contributed by atoms with van der Waals surface area (Å²) in [5.74, 6) is 0. The first-order valence-corrected chi connectivity index (χ1v) is 4.10. The van der Waals surface area contributed by atoms with E-state index in [4.69, 9.17) is 5.11 Å². The van der Waals surface area contributed by atoms with E-state index >= 15 is 0 Å². The monoisotopic (exact) mass is 184 g/mol. The van der Waals surface area contributed by atoms with Crippen LogP contribution in [0.25, 0.3) is 0 Å². The summed E-state index contributed by atoms with van der Waals surface area (Å²) in [7, 11) is 0. The van der Waals surface area contributed by atoms with Gasteiger partial charge in [-0.2, -0.15) is 0 Å². The fourth-order valence-electron chi connectivity index (χ4n) is 0.921. The molecule has 0 saturated heterocycles. The quantitative estimate of drug-likeness (QED) is 0.357. The summed E-state index contributed by atoms with van der Waals surface area (Å²) >= 11 is 0. The van der Waals surface area contributed by atoms with Gasteiger partial charge in [0.2, 0.25) is 0 Å². The van der Waals surface area contributed by atoms with Crippen LogP contribution in [0.5, 0.6) is 0 Å². The minimum atomic E-state index is 0. The van der Waals surface area contributed by atoms with E-state index in [1.807, 2.05) is 0 Å². The van der Waals surface area contributed by atoms with Crippen molar-refractivity contribution >= 4 is 0 Å². The van der Waals surface area contributed by atoms with Gasteiger partial charge in [-0.15, -0.1) is 6.61 Å². The van der Waals surface area contributed by atoms with Crippen LogP contribution in [0.3, 0.4) is 0 Å². The van der Waals surface area contributed by atoms with Crippen LogP contribution >= 0.6 is 0 Å². The molecule has 0 bridgehead atoms. The van der Waals surface area contributed by atoms with Crippen molar-refractivity contribution in [1.82, 2.24) is 0 Å². The molecule has 0 aromatic heterocycles. The summed E-state index contributed by atoms with van der Waals surface area (Å²) in [5.41, 5.74) is 0. The molecule has 0 spiro atoms. The fourth-order valence-corrected chi connectivity index (χ4v) is 0.921. The summed E-state index contributed by atoms with van der Waals surface area (Å²) in [6, 6.07) is 0. The zero-order chi connectivity index (χ0) is 7.66. The Morgan fingerprint density at radius 1 is 0.818 bits per heavy atom. The Bertz CT molecular complexity index is 52.1. The molecule has 0 unspecified atom stereocenters. The van der Waals surface area contributed by atoms with Gasteiger partial charge in [-0.05, 0) is 6.42 Å². The number of aliphatic hydroxyl groups is 1. The van der Waals surface area contributed by atoms with Crippen LogP contribution in [0.1, 0.15) is 38.5 Å². The van der Waals surface area contributed by atoms with Gasteiger partial charge in [0.1, 0.15) is 0 Å². The molecule has 11 heavy (non-hydrogen) atoms. The summed E-state index contributed by atoms with van der Waals surface area (Å²) < 4.78 is 0. The molecule has 0 heterocycles. The average molecular weight is 184 g/mol. The molecule has 0 fully saturated rings. The Balaban J connectivity index is 0. The zero-order valence-electron chi connectivity index (χ0n) is 7.51. The van der Waals surface area contributed by atoms with Crippen LogP contribution in [0.15, 0.2) is 0 Å². The van der Waals surface area contributed by atoms with Crippen molar-refractivity contribution in [2.75, 3.05) is 13.2 Å². The molecule has 1 N–H and O–H groups in total. The van der Waals surface area contributed by atoms with E-state index in [1.165, 1.54) is 6.42 Å². The number of hydrogen-bond donors (Lipinski definition) is 1. The molecular formula is C8H17KO2. The molecule has 0 aromatic carbocycles. The van der Waals surface area contributed by atoms with E-state index in [9.17, 15) is 5.11 Å². The molecule has 2 nitrogen and oxygen atoms in total. The van der Waals surface area contributed by atoms with Crippen molar-refractivity contribution in [3.63, 3.8) is 0 Å². The largest absolute Gasteiger partial charge is 1.00 e. The number of hydrogen-bond acceptors (Lipinski definition) is 2. The van der Waals surface area contributed by atoms with Crippen LogP contribution < -0.4 is 56.5 Å². The molecule has 62 valence electrons. The van der Waals surface area contributed by atoms with Crippen molar-refractivity contribution < 1.29 is 61.6 Å². The first-order chi connectivity index (χ1) is 4.91. The minimum Gasteiger partial charge on any atom is -0.854 e. The van der Waals surface area contributed by atoms with Crippen LogP contribution in [0, 0.1) is 0 Å². The maximum Gasteiger partial charge on any atom is 1.00 e. The number of aliphatic hydroxyl groups excluding tert-OH is 1. The summed E-state index contributed by atoms with van der Waals surface area (Å²) in [6.45, 7) is 0.377. The predicted octanol–water partition coefficient (Wildman–Crippen LogP) is -2.32. The van der Waals surface area contributed by atoms with Crippen LogP contribution in [-0.4, -0.2) is 18.3 Å². The zero-order valence-corrected chi connectivity index (χ0v) is 10.6. The molecule has 0 atom stereocenters. The van der Waals surface area contributed by atoms with Crippen molar-refractivity contribution in [2.45, 2.75) is 38.5 Å². The Labute approximate surface area is 112 Å². The summed E-state index contributed by atoms with van der Waals surface area (Å²) in [6.07, 6.45) is 6.23. The second-order valence-corrected chi connectivity index (χ2v) is 2.55. The van der Waals surface area contributed by atoms with Gasteiger partial charge in [-0.3, -0.25) is 0 Å². The third kappa shape index (κ3) is 14.4. The summed E-state index contributed by atoms with van der Waals surface area (Å²) in [4.78, 5) is 0. The van der Waals surface area contributed by atoms with Gasteiger partial charge in [0.05, 0.1) is 0 Å². The van der Waals surface area contributed by atoms with Crippen LogP contribution in [-0.2, 0) is 0 Å². The molecule has 0 amide bonds. The van der Waals surface area contributed by atoms with E-state index < -0.39 is 0 Å². The van der Waals surface area contributed by atoms with E-state index in [0.29, 0.717) is 6.61 Å². The first kappa shape index (κ1) is 15.0. The Kier molecular flexibility index (Phi) is 19.3. The standard InChI is InChI=1S/C8H17O2.K/c9-7-5-3-1-2-4-6-8-10;/h9H,1-8H2;/q-1;+1. The molecule has 0 rings (SSSR count). The van der Waals surface area contributed by atoms with Gasteiger partial charge >= 0.3 is 51.4 Å². The molecule has 0 aliphatic carbocycles. The van der Waals surface area contributed by atoms with Gasteiger partial charge < -0.3 is 10.2 Å². The van der Waals surface area contributed by atoms with Crippen LogP contribution in [0.2, 0.25) is 0 Å². The molecule has 0 radical (unpaired) electrons. The maximum atomic E-state index is 9.98. The van der Waals surface area contributed by atoms with Crippen LogP contribution in [0.4, 0.5) is 0 Å². The van der Waals surface area contributed by atoms with E-state index in [-0.39, 0.29) is 58.0 Å². The van der Waals surface area contributed by atoms with E-state index in [1.54, 1.807) is 0 Å². The average Bonchev–Trinajstić information content (AvgIpc) is 1.97. The Hall–Kier alpha value is 1.56. The van der Waals surface area contributed by atoms with E-state index in [0.717, 1.165) is 32.1 Å². The Morgan fingerprint density at radius 2 is 1.27 bits per heavy atom. The normalized spacial score (nSPS) is 9.27. The molecular weight excluding hydrogens is 167 g/mol. The smallest absolute Gasteiger partial charge is 0.854 e.